The lowest BCUT2D eigenvalue weighted by molar-refractivity contribution is -0.157. The number of likely N-dealkylation sites (N-methyl/N-ethyl adjacent to an activating group) is 1. The van der Waals surface area contributed by atoms with Crippen LogP contribution in [-0.2, 0) is 14.3 Å². The van der Waals surface area contributed by atoms with E-state index in [0.717, 1.165) is 12.0 Å². The van der Waals surface area contributed by atoms with Crippen LogP contribution in [-0.4, -0.2) is 49.2 Å². The van der Waals surface area contributed by atoms with Crippen LogP contribution >= 0.6 is 0 Å². The van der Waals surface area contributed by atoms with Crippen molar-refractivity contribution < 1.29 is 19.4 Å². The van der Waals surface area contributed by atoms with Crippen molar-refractivity contribution in [3.05, 3.63) is 0 Å². The van der Waals surface area contributed by atoms with Gasteiger partial charge in [-0.1, -0.05) is 0 Å². The lowest BCUT2D eigenvalue weighted by Crippen LogP contribution is -2.35. The van der Waals surface area contributed by atoms with Crippen molar-refractivity contribution >= 4 is 11.9 Å². The summed E-state index contributed by atoms with van der Waals surface area (Å²) in [7, 11) is 2.54. The fraction of sp³-hybridized carbons (Fsp3) is 0.667. The van der Waals surface area contributed by atoms with Crippen LogP contribution in [0.1, 0.15) is 0 Å². The van der Waals surface area contributed by atoms with Gasteiger partial charge >= 0.3 is 11.9 Å². The molecule has 0 saturated carbocycles. The van der Waals surface area contributed by atoms with E-state index in [-0.39, 0.29) is 13.2 Å². The summed E-state index contributed by atoms with van der Waals surface area (Å²) in [6, 6.07) is 0. The molecule has 5 heteroatoms. The zero-order valence-corrected chi connectivity index (χ0v) is 6.53. The van der Waals surface area contributed by atoms with E-state index >= 15 is 0 Å². The minimum atomic E-state index is -0.916. The highest BCUT2D eigenvalue weighted by Gasteiger charge is 2.17. The molecule has 0 unspecified atom stereocenters. The van der Waals surface area contributed by atoms with Gasteiger partial charge in [0.15, 0.2) is 0 Å². The lowest BCUT2D eigenvalue weighted by atomic mass is 10.5. The van der Waals surface area contributed by atoms with Crippen LogP contribution in [0.15, 0.2) is 0 Å². The second-order valence-electron chi connectivity index (χ2n) is 1.94. The molecule has 0 saturated heterocycles. The SMILES string of the molecule is COC(=O)C(=O)N(C)CCO. The number of hydrogen-bond donors (Lipinski definition) is 1. The molecule has 0 aliphatic heterocycles. The Morgan fingerprint density at radius 2 is 2.09 bits per heavy atom. The molecule has 11 heavy (non-hydrogen) atoms. The molecule has 1 N–H and O–H groups in total. The van der Waals surface area contributed by atoms with Crippen LogP contribution in [0.3, 0.4) is 0 Å². The maximum Gasteiger partial charge on any atom is 0.396 e. The fourth-order valence-electron chi connectivity index (χ4n) is 0.495. The molecule has 0 rings (SSSR count). The third kappa shape index (κ3) is 2.99. The Morgan fingerprint density at radius 3 is 2.45 bits per heavy atom. The topological polar surface area (TPSA) is 66.8 Å². The minimum Gasteiger partial charge on any atom is -0.462 e. The van der Waals surface area contributed by atoms with Crippen LogP contribution in [0.25, 0.3) is 0 Å². The van der Waals surface area contributed by atoms with E-state index in [1.807, 2.05) is 0 Å². The standard InChI is InChI=1S/C6H11NO4/c1-7(3-4-8)5(9)6(10)11-2/h8H,3-4H2,1-2H3. The van der Waals surface area contributed by atoms with Gasteiger partial charge < -0.3 is 14.7 Å². The van der Waals surface area contributed by atoms with Gasteiger partial charge in [-0.05, 0) is 0 Å². The van der Waals surface area contributed by atoms with Crippen LogP contribution in [0.2, 0.25) is 0 Å². The first-order valence-electron chi connectivity index (χ1n) is 3.07. The third-order valence-corrected chi connectivity index (χ3v) is 1.14. The summed E-state index contributed by atoms with van der Waals surface area (Å²) in [6.07, 6.45) is 0. The molecule has 0 heterocycles. The van der Waals surface area contributed by atoms with E-state index in [9.17, 15) is 9.59 Å². The summed E-state index contributed by atoms with van der Waals surface area (Å²) in [6.45, 7) is -0.0346. The first-order chi connectivity index (χ1) is 5.13. The molecule has 0 fully saturated rings. The first kappa shape index (κ1) is 9.90. The number of methoxy groups -OCH3 is 1. The van der Waals surface area contributed by atoms with Crippen molar-refractivity contribution in [3.63, 3.8) is 0 Å². The predicted octanol–water partition coefficient (Wildman–Crippen LogP) is -1.39. The molecule has 5 nitrogen and oxygen atoms in total. The summed E-state index contributed by atoms with van der Waals surface area (Å²) in [5.41, 5.74) is 0. The van der Waals surface area contributed by atoms with Gasteiger partial charge in [0.05, 0.1) is 13.7 Å². The average Bonchev–Trinajstić information content (AvgIpc) is 2.02. The van der Waals surface area contributed by atoms with Crippen LogP contribution in [0, 0.1) is 0 Å². The molecule has 0 aliphatic rings. The van der Waals surface area contributed by atoms with Gasteiger partial charge in [-0.3, -0.25) is 4.79 Å². The van der Waals surface area contributed by atoms with Gasteiger partial charge in [0.25, 0.3) is 0 Å². The Hall–Kier alpha value is -1.10. The van der Waals surface area contributed by atoms with Gasteiger partial charge in [0.1, 0.15) is 0 Å². The molecule has 0 aliphatic carbocycles. The zero-order chi connectivity index (χ0) is 8.85. The number of amides is 1. The Labute approximate surface area is 64.6 Å². The van der Waals surface area contributed by atoms with Gasteiger partial charge in [0.2, 0.25) is 0 Å². The highest BCUT2D eigenvalue weighted by Crippen LogP contribution is 1.85. The predicted molar refractivity (Wildman–Crippen MR) is 36.7 cm³/mol. The number of aliphatic hydroxyl groups is 1. The van der Waals surface area contributed by atoms with Gasteiger partial charge in [0, 0.05) is 13.6 Å². The second kappa shape index (κ2) is 4.68. The summed E-state index contributed by atoms with van der Waals surface area (Å²) in [5, 5.41) is 8.39. The summed E-state index contributed by atoms with van der Waals surface area (Å²) in [4.78, 5) is 22.4. The number of aliphatic hydroxyl groups excluding tert-OH is 1. The second-order valence-corrected chi connectivity index (χ2v) is 1.94. The quantitative estimate of drug-likeness (QED) is 0.400. The van der Waals surface area contributed by atoms with Crippen molar-refractivity contribution in [1.29, 1.82) is 0 Å². The molecule has 0 atom stereocenters. The van der Waals surface area contributed by atoms with Gasteiger partial charge in [-0.25, -0.2) is 4.79 Å². The lowest BCUT2D eigenvalue weighted by Gasteiger charge is -2.12. The smallest absolute Gasteiger partial charge is 0.396 e. The largest absolute Gasteiger partial charge is 0.462 e. The van der Waals surface area contributed by atoms with E-state index < -0.39 is 11.9 Å². The van der Waals surface area contributed by atoms with Crippen molar-refractivity contribution in [2.45, 2.75) is 0 Å². The molecule has 0 aromatic carbocycles. The summed E-state index contributed by atoms with van der Waals surface area (Å²) < 4.78 is 4.17. The van der Waals surface area contributed by atoms with Crippen LogP contribution in [0.4, 0.5) is 0 Å². The van der Waals surface area contributed by atoms with E-state index in [1.54, 1.807) is 0 Å². The normalized spacial score (nSPS) is 9.00. The molecule has 0 radical (unpaired) electrons. The Bertz CT molecular complexity index is 157. The van der Waals surface area contributed by atoms with Crippen molar-refractivity contribution in [3.8, 4) is 0 Å². The van der Waals surface area contributed by atoms with E-state index in [0.29, 0.717) is 0 Å². The monoisotopic (exact) mass is 161 g/mol. The fourth-order valence-corrected chi connectivity index (χ4v) is 0.495. The third-order valence-electron chi connectivity index (χ3n) is 1.14. The molecule has 64 valence electrons. The highest BCUT2D eigenvalue weighted by atomic mass is 16.5. The number of nitrogens with zero attached hydrogens (tertiary/aromatic N) is 1. The average molecular weight is 161 g/mol. The molecule has 0 aromatic heterocycles. The number of hydrogen-bond acceptors (Lipinski definition) is 4. The molecular formula is C6H11NO4. The number of carbonyl (C=O) groups excluding carboxylic acids is 2. The van der Waals surface area contributed by atoms with Crippen molar-refractivity contribution in [2.75, 3.05) is 27.3 Å². The van der Waals surface area contributed by atoms with Crippen molar-refractivity contribution in [1.82, 2.24) is 4.90 Å². The summed E-state index contributed by atoms with van der Waals surface area (Å²) in [5.74, 6) is -1.66. The maximum atomic E-state index is 10.8. The first-order valence-corrected chi connectivity index (χ1v) is 3.07. The van der Waals surface area contributed by atoms with E-state index in [4.69, 9.17) is 5.11 Å². The van der Waals surface area contributed by atoms with Crippen LogP contribution in [0.5, 0.6) is 0 Å². The van der Waals surface area contributed by atoms with Gasteiger partial charge in [-0.2, -0.15) is 0 Å². The maximum absolute atomic E-state index is 10.8. The van der Waals surface area contributed by atoms with Crippen LogP contribution < -0.4 is 0 Å². The Kier molecular flexibility index (Phi) is 4.21. The number of carbonyl (C=O) groups is 2. The minimum absolute atomic E-state index is 0.133. The number of esters is 1. The Balaban J connectivity index is 3.91. The Morgan fingerprint density at radius 1 is 1.55 bits per heavy atom. The molecule has 0 aromatic rings. The van der Waals surface area contributed by atoms with E-state index in [1.165, 1.54) is 7.05 Å². The molecule has 0 spiro atoms. The highest BCUT2D eigenvalue weighted by molar-refractivity contribution is 6.32. The number of ether oxygens (including phenoxy) is 1. The van der Waals surface area contributed by atoms with Gasteiger partial charge in [-0.15, -0.1) is 0 Å². The summed E-state index contributed by atoms with van der Waals surface area (Å²) >= 11 is 0. The number of rotatable bonds is 2. The zero-order valence-electron chi connectivity index (χ0n) is 6.53. The van der Waals surface area contributed by atoms with Crippen molar-refractivity contribution in [2.24, 2.45) is 0 Å². The van der Waals surface area contributed by atoms with E-state index in [2.05, 4.69) is 4.74 Å². The molecular weight excluding hydrogens is 150 g/mol. The molecule has 0 bridgehead atoms. The molecule has 1 amide bonds.